The molecule has 0 aliphatic heterocycles. The van der Waals surface area contributed by atoms with Crippen LogP contribution in [-0.4, -0.2) is 18.4 Å². The first kappa shape index (κ1) is 14.6. The summed E-state index contributed by atoms with van der Waals surface area (Å²) in [5, 5.41) is 0. The molecule has 2 aromatic rings. The van der Waals surface area contributed by atoms with E-state index in [1.165, 1.54) is 0 Å². The maximum Gasteiger partial charge on any atom is 0.276 e. The Morgan fingerprint density at radius 1 is 0.810 bits per heavy atom. The van der Waals surface area contributed by atoms with Gasteiger partial charge >= 0.3 is 0 Å². The molecule has 21 heavy (non-hydrogen) atoms. The highest BCUT2D eigenvalue weighted by molar-refractivity contribution is 5.83. The first-order valence-electron chi connectivity index (χ1n) is 6.53. The second-order valence-corrected chi connectivity index (χ2v) is 4.36. The van der Waals surface area contributed by atoms with Crippen LogP contribution in [0.2, 0.25) is 0 Å². The lowest BCUT2D eigenvalue weighted by molar-refractivity contribution is -0.129. The van der Waals surface area contributed by atoms with Gasteiger partial charge < -0.3 is 4.74 Å². The Labute approximate surface area is 122 Å². The van der Waals surface area contributed by atoms with Gasteiger partial charge in [-0.2, -0.15) is 0 Å². The summed E-state index contributed by atoms with van der Waals surface area (Å²) in [5.41, 5.74) is 5.54. The van der Waals surface area contributed by atoms with E-state index in [-0.39, 0.29) is 18.9 Å². The van der Waals surface area contributed by atoms with Crippen LogP contribution < -0.4 is 15.6 Å². The van der Waals surface area contributed by atoms with Crippen molar-refractivity contribution in [2.75, 3.05) is 6.61 Å². The minimum atomic E-state index is -0.416. The van der Waals surface area contributed by atoms with Crippen LogP contribution in [-0.2, 0) is 16.0 Å². The van der Waals surface area contributed by atoms with E-state index in [1.54, 1.807) is 12.1 Å². The predicted molar refractivity (Wildman–Crippen MR) is 78.4 cm³/mol. The van der Waals surface area contributed by atoms with E-state index >= 15 is 0 Å². The van der Waals surface area contributed by atoms with E-state index in [0.717, 1.165) is 5.56 Å². The Kier molecular flexibility index (Phi) is 5.34. The van der Waals surface area contributed by atoms with Crippen molar-refractivity contribution in [3.8, 4) is 5.75 Å². The van der Waals surface area contributed by atoms with Crippen LogP contribution in [0.3, 0.4) is 0 Å². The summed E-state index contributed by atoms with van der Waals surface area (Å²) in [6.45, 7) is -0.157. The molecule has 0 bridgehead atoms. The lowest BCUT2D eigenvalue weighted by atomic mass is 10.1. The second kappa shape index (κ2) is 7.69. The van der Waals surface area contributed by atoms with Crippen LogP contribution in [0.15, 0.2) is 60.7 Å². The van der Waals surface area contributed by atoms with Gasteiger partial charge in [0.15, 0.2) is 6.61 Å². The van der Waals surface area contributed by atoms with Gasteiger partial charge in [0, 0.05) is 0 Å². The first-order valence-corrected chi connectivity index (χ1v) is 6.53. The number of carbonyl (C=O) groups is 2. The molecule has 0 saturated heterocycles. The summed E-state index contributed by atoms with van der Waals surface area (Å²) in [5.74, 6) is -0.0993. The molecule has 2 amide bonds. The maximum absolute atomic E-state index is 11.6. The van der Waals surface area contributed by atoms with Crippen LogP contribution in [0.4, 0.5) is 0 Å². The smallest absolute Gasteiger partial charge is 0.276 e. The minimum absolute atomic E-state index is 0.157. The summed E-state index contributed by atoms with van der Waals surface area (Å²) >= 11 is 0. The quantitative estimate of drug-likeness (QED) is 0.817. The highest BCUT2D eigenvalue weighted by atomic mass is 16.5. The fraction of sp³-hybridized carbons (Fsp3) is 0.125. The van der Waals surface area contributed by atoms with E-state index in [1.807, 2.05) is 48.5 Å². The second-order valence-electron chi connectivity index (χ2n) is 4.36. The molecule has 0 aliphatic rings. The highest BCUT2D eigenvalue weighted by Gasteiger charge is 2.06. The Hall–Kier alpha value is -2.82. The lowest BCUT2D eigenvalue weighted by Crippen LogP contribution is -2.44. The maximum atomic E-state index is 11.6. The standard InChI is InChI=1S/C16H16N2O3/c19-15(11-13-7-3-1-4-8-13)17-18-16(20)12-21-14-9-5-2-6-10-14/h1-10H,11-12H2,(H,17,19)(H,18,20). The summed E-state index contributed by atoms with van der Waals surface area (Å²) in [7, 11) is 0. The van der Waals surface area contributed by atoms with Crippen molar-refractivity contribution in [3.63, 3.8) is 0 Å². The number of hydrogen-bond acceptors (Lipinski definition) is 3. The number of amides is 2. The van der Waals surface area contributed by atoms with Crippen molar-refractivity contribution in [3.05, 3.63) is 66.2 Å². The molecule has 0 aliphatic carbocycles. The predicted octanol–water partition coefficient (Wildman–Crippen LogP) is 1.46. The average Bonchev–Trinajstić information content (AvgIpc) is 2.53. The van der Waals surface area contributed by atoms with E-state index in [0.29, 0.717) is 5.75 Å². The fourth-order valence-electron chi connectivity index (χ4n) is 1.67. The molecule has 0 radical (unpaired) electrons. The SMILES string of the molecule is O=C(COc1ccccc1)NNC(=O)Cc1ccccc1. The molecule has 2 aromatic carbocycles. The van der Waals surface area contributed by atoms with Crippen LogP contribution in [0.5, 0.6) is 5.75 Å². The number of carbonyl (C=O) groups excluding carboxylic acids is 2. The largest absolute Gasteiger partial charge is 0.484 e. The van der Waals surface area contributed by atoms with E-state index < -0.39 is 5.91 Å². The zero-order valence-corrected chi connectivity index (χ0v) is 11.4. The highest BCUT2D eigenvalue weighted by Crippen LogP contribution is 2.07. The van der Waals surface area contributed by atoms with Crippen molar-refractivity contribution < 1.29 is 14.3 Å². The third kappa shape index (κ3) is 5.36. The van der Waals surface area contributed by atoms with Gasteiger partial charge in [0.2, 0.25) is 5.91 Å². The molecular weight excluding hydrogens is 268 g/mol. The van der Waals surface area contributed by atoms with E-state index in [2.05, 4.69) is 10.9 Å². The molecule has 5 heteroatoms. The molecule has 0 saturated carbocycles. The molecule has 0 unspecified atom stereocenters. The number of ether oxygens (including phenoxy) is 1. The van der Waals surface area contributed by atoms with E-state index in [4.69, 9.17) is 4.74 Å². The van der Waals surface area contributed by atoms with Crippen LogP contribution in [0.1, 0.15) is 5.56 Å². The Morgan fingerprint density at radius 2 is 1.38 bits per heavy atom. The zero-order valence-electron chi connectivity index (χ0n) is 11.4. The minimum Gasteiger partial charge on any atom is -0.484 e. The number of rotatable bonds is 5. The Morgan fingerprint density at radius 3 is 2.05 bits per heavy atom. The van der Waals surface area contributed by atoms with E-state index in [9.17, 15) is 9.59 Å². The van der Waals surface area contributed by atoms with Crippen molar-refractivity contribution in [2.45, 2.75) is 6.42 Å². The number of hydrogen-bond donors (Lipinski definition) is 2. The molecule has 108 valence electrons. The van der Waals surface area contributed by atoms with Gasteiger partial charge in [0.05, 0.1) is 6.42 Å². The molecule has 0 atom stereocenters. The monoisotopic (exact) mass is 284 g/mol. The third-order valence-corrected chi connectivity index (χ3v) is 2.66. The molecule has 0 spiro atoms. The number of hydrazine groups is 1. The lowest BCUT2D eigenvalue weighted by Gasteiger charge is -2.08. The molecule has 2 rings (SSSR count). The van der Waals surface area contributed by atoms with Gasteiger partial charge in [-0.05, 0) is 17.7 Å². The summed E-state index contributed by atoms with van der Waals surface area (Å²) in [6, 6.07) is 18.3. The molecule has 0 fully saturated rings. The number of benzene rings is 2. The van der Waals surface area contributed by atoms with Gasteiger partial charge in [0.1, 0.15) is 5.75 Å². The van der Waals surface area contributed by atoms with Crippen molar-refractivity contribution >= 4 is 11.8 Å². The molecule has 2 N–H and O–H groups in total. The topological polar surface area (TPSA) is 67.4 Å². The van der Waals surface area contributed by atoms with Crippen LogP contribution in [0, 0.1) is 0 Å². The van der Waals surface area contributed by atoms with Crippen molar-refractivity contribution in [2.24, 2.45) is 0 Å². The molecule has 0 aromatic heterocycles. The summed E-state index contributed by atoms with van der Waals surface area (Å²) in [6.07, 6.45) is 0.209. The summed E-state index contributed by atoms with van der Waals surface area (Å²) in [4.78, 5) is 23.1. The Balaban J connectivity index is 1.68. The van der Waals surface area contributed by atoms with Gasteiger partial charge in [-0.3, -0.25) is 20.4 Å². The van der Waals surface area contributed by atoms with Gasteiger partial charge in [-0.1, -0.05) is 48.5 Å². The van der Waals surface area contributed by atoms with Gasteiger partial charge in [-0.15, -0.1) is 0 Å². The molecular formula is C16H16N2O3. The number of nitrogens with one attached hydrogen (secondary N) is 2. The van der Waals surface area contributed by atoms with Crippen molar-refractivity contribution in [1.29, 1.82) is 0 Å². The van der Waals surface area contributed by atoms with Crippen LogP contribution >= 0.6 is 0 Å². The molecule has 5 nitrogen and oxygen atoms in total. The average molecular weight is 284 g/mol. The fourth-order valence-corrected chi connectivity index (χ4v) is 1.67. The number of para-hydroxylation sites is 1. The first-order chi connectivity index (χ1) is 10.2. The normalized spacial score (nSPS) is 9.71. The Bertz CT molecular complexity index is 585. The van der Waals surface area contributed by atoms with Crippen molar-refractivity contribution in [1.82, 2.24) is 10.9 Å². The van der Waals surface area contributed by atoms with Crippen LogP contribution in [0.25, 0.3) is 0 Å². The third-order valence-electron chi connectivity index (χ3n) is 2.66. The summed E-state index contributed by atoms with van der Waals surface area (Å²) < 4.78 is 5.26. The van der Waals surface area contributed by atoms with Gasteiger partial charge in [0.25, 0.3) is 5.91 Å². The molecule has 0 heterocycles. The van der Waals surface area contributed by atoms with Gasteiger partial charge in [-0.25, -0.2) is 0 Å². The zero-order chi connectivity index (χ0) is 14.9.